The maximum absolute atomic E-state index is 12.7. The van der Waals surface area contributed by atoms with Gasteiger partial charge in [0, 0.05) is 16.7 Å². The molecule has 1 atom stereocenters. The van der Waals surface area contributed by atoms with Crippen molar-refractivity contribution in [1.82, 2.24) is 15.1 Å². The van der Waals surface area contributed by atoms with Crippen LogP contribution in [0, 0.1) is 0 Å². The molecule has 1 aromatic carbocycles. The summed E-state index contributed by atoms with van der Waals surface area (Å²) < 4.78 is 40.2. The van der Waals surface area contributed by atoms with Crippen LogP contribution in [0.4, 0.5) is 13.2 Å². The molecule has 0 aliphatic carbocycles. The summed E-state index contributed by atoms with van der Waals surface area (Å²) in [5.41, 5.74) is 0.745. The standard InChI is InChI=1S/C14H15BrF3N3/c1-3-19-9(2)12-5-4-11(15)6-13(12)21-8-10(7-20-21)14(16,17)18/h4-9,19H,3H2,1-2H3. The molecular weight excluding hydrogens is 347 g/mol. The Labute approximate surface area is 129 Å². The summed E-state index contributed by atoms with van der Waals surface area (Å²) in [4.78, 5) is 0. The molecule has 1 heterocycles. The summed E-state index contributed by atoms with van der Waals surface area (Å²) in [6.07, 6.45) is -2.55. The van der Waals surface area contributed by atoms with E-state index in [1.54, 1.807) is 6.07 Å². The van der Waals surface area contributed by atoms with E-state index in [-0.39, 0.29) is 6.04 Å². The maximum atomic E-state index is 12.7. The van der Waals surface area contributed by atoms with Crippen molar-refractivity contribution in [3.05, 3.63) is 46.2 Å². The average molecular weight is 362 g/mol. The van der Waals surface area contributed by atoms with Gasteiger partial charge in [-0.25, -0.2) is 4.68 Å². The largest absolute Gasteiger partial charge is 0.419 e. The fourth-order valence-corrected chi connectivity index (χ4v) is 2.45. The van der Waals surface area contributed by atoms with E-state index in [1.165, 1.54) is 4.68 Å². The summed E-state index contributed by atoms with van der Waals surface area (Å²) in [7, 11) is 0. The van der Waals surface area contributed by atoms with Crippen molar-refractivity contribution >= 4 is 15.9 Å². The lowest BCUT2D eigenvalue weighted by Crippen LogP contribution is -2.19. The van der Waals surface area contributed by atoms with Crippen LogP contribution in [0.5, 0.6) is 0 Å². The van der Waals surface area contributed by atoms with E-state index in [1.807, 2.05) is 26.0 Å². The highest BCUT2D eigenvalue weighted by molar-refractivity contribution is 9.10. The van der Waals surface area contributed by atoms with Gasteiger partial charge in [0.15, 0.2) is 0 Å². The van der Waals surface area contributed by atoms with Gasteiger partial charge in [0.2, 0.25) is 0 Å². The van der Waals surface area contributed by atoms with Crippen LogP contribution in [0.25, 0.3) is 5.69 Å². The Morgan fingerprint density at radius 1 is 1.38 bits per heavy atom. The Balaban J connectivity index is 2.47. The van der Waals surface area contributed by atoms with Crippen molar-refractivity contribution in [3.8, 4) is 5.69 Å². The molecule has 0 saturated carbocycles. The molecule has 0 spiro atoms. The fraction of sp³-hybridized carbons (Fsp3) is 0.357. The van der Waals surface area contributed by atoms with Crippen LogP contribution in [-0.2, 0) is 6.18 Å². The topological polar surface area (TPSA) is 29.9 Å². The van der Waals surface area contributed by atoms with E-state index >= 15 is 0 Å². The first-order valence-corrected chi connectivity index (χ1v) is 7.27. The maximum Gasteiger partial charge on any atom is 0.419 e. The third-order valence-corrected chi connectivity index (χ3v) is 3.62. The van der Waals surface area contributed by atoms with E-state index in [9.17, 15) is 13.2 Å². The van der Waals surface area contributed by atoms with Gasteiger partial charge >= 0.3 is 6.18 Å². The Kier molecular flexibility index (Phi) is 4.73. The minimum absolute atomic E-state index is 0.0108. The molecule has 0 aliphatic heterocycles. The Morgan fingerprint density at radius 3 is 2.67 bits per heavy atom. The normalized spacial score (nSPS) is 13.4. The minimum Gasteiger partial charge on any atom is -0.310 e. The first-order chi connectivity index (χ1) is 9.82. The van der Waals surface area contributed by atoms with E-state index in [2.05, 4.69) is 26.3 Å². The van der Waals surface area contributed by atoms with Crippen LogP contribution < -0.4 is 5.32 Å². The quantitative estimate of drug-likeness (QED) is 0.878. The van der Waals surface area contributed by atoms with Gasteiger partial charge in [-0.3, -0.25) is 0 Å². The second-order valence-electron chi connectivity index (χ2n) is 4.65. The predicted molar refractivity (Wildman–Crippen MR) is 78.4 cm³/mol. The van der Waals surface area contributed by atoms with E-state index < -0.39 is 11.7 Å². The van der Waals surface area contributed by atoms with Gasteiger partial charge in [-0.1, -0.05) is 28.9 Å². The van der Waals surface area contributed by atoms with Crippen molar-refractivity contribution in [2.24, 2.45) is 0 Å². The van der Waals surface area contributed by atoms with Gasteiger partial charge in [0.25, 0.3) is 0 Å². The molecule has 2 rings (SSSR count). The third-order valence-electron chi connectivity index (χ3n) is 3.13. The van der Waals surface area contributed by atoms with Gasteiger partial charge in [-0.05, 0) is 31.2 Å². The highest BCUT2D eigenvalue weighted by atomic mass is 79.9. The van der Waals surface area contributed by atoms with Crippen LogP contribution >= 0.6 is 15.9 Å². The van der Waals surface area contributed by atoms with Crippen molar-refractivity contribution in [1.29, 1.82) is 0 Å². The molecule has 0 fully saturated rings. The van der Waals surface area contributed by atoms with E-state index in [0.717, 1.165) is 29.0 Å². The summed E-state index contributed by atoms with van der Waals surface area (Å²) in [5.74, 6) is 0. The van der Waals surface area contributed by atoms with Gasteiger partial charge in [-0.2, -0.15) is 18.3 Å². The zero-order valence-electron chi connectivity index (χ0n) is 11.6. The van der Waals surface area contributed by atoms with Gasteiger partial charge < -0.3 is 5.32 Å². The highest BCUT2D eigenvalue weighted by Gasteiger charge is 2.32. The first-order valence-electron chi connectivity index (χ1n) is 6.48. The molecule has 0 bridgehead atoms. The molecular formula is C14H15BrF3N3. The SMILES string of the molecule is CCNC(C)c1ccc(Br)cc1-n1cc(C(F)(F)F)cn1. The summed E-state index contributed by atoms with van der Waals surface area (Å²) >= 11 is 3.34. The zero-order chi connectivity index (χ0) is 15.6. The molecule has 0 aliphatic rings. The molecule has 0 amide bonds. The lowest BCUT2D eigenvalue weighted by molar-refractivity contribution is -0.137. The molecule has 21 heavy (non-hydrogen) atoms. The average Bonchev–Trinajstić information content (AvgIpc) is 2.88. The summed E-state index contributed by atoms with van der Waals surface area (Å²) in [5, 5.41) is 7.10. The van der Waals surface area contributed by atoms with Gasteiger partial charge in [0.05, 0.1) is 17.4 Å². The molecule has 2 aromatic rings. The van der Waals surface area contributed by atoms with Crippen LogP contribution in [0.15, 0.2) is 35.1 Å². The van der Waals surface area contributed by atoms with Crippen molar-refractivity contribution < 1.29 is 13.2 Å². The monoisotopic (exact) mass is 361 g/mol. The lowest BCUT2D eigenvalue weighted by atomic mass is 10.1. The highest BCUT2D eigenvalue weighted by Crippen LogP contribution is 2.31. The Morgan fingerprint density at radius 2 is 2.10 bits per heavy atom. The zero-order valence-corrected chi connectivity index (χ0v) is 13.2. The fourth-order valence-electron chi connectivity index (χ4n) is 2.10. The molecule has 1 unspecified atom stereocenters. The molecule has 114 valence electrons. The third kappa shape index (κ3) is 3.65. The molecule has 7 heteroatoms. The number of hydrogen-bond donors (Lipinski definition) is 1. The molecule has 3 nitrogen and oxygen atoms in total. The Bertz CT molecular complexity index is 622. The number of nitrogens with zero attached hydrogens (tertiary/aromatic N) is 2. The predicted octanol–water partition coefficient (Wildman–Crippen LogP) is 4.32. The van der Waals surface area contributed by atoms with Crippen LogP contribution in [0.1, 0.15) is 31.0 Å². The van der Waals surface area contributed by atoms with Gasteiger partial charge in [0.1, 0.15) is 0 Å². The van der Waals surface area contributed by atoms with Crippen molar-refractivity contribution in [2.45, 2.75) is 26.1 Å². The first kappa shape index (κ1) is 16.0. The lowest BCUT2D eigenvalue weighted by Gasteiger charge is -2.17. The number of alkyl halides is 3. The van der Waals surface area contributed by atoms with Crippen molar-refractivity contribution in [2.75, 3.05) is 6.54 Å². The number of rotatable bonds is 4. The second kappa shape index (κ2) is 6.19. The molecule has 1 aromatic heterocycles. The van der Waals surface area contributed by atoms with Crippen LogP contribution in [0.3, 0.4) is 0 Å². The Hall–Kier alpha value is -1.34. The summed E-state index contributed by atoms with van der Waals surface area (Å²) in [6.45, 7) is 4.71. The number of benzene rings is 1. The van der Waals surface area contributed by atoms with Crippen molar-refractivity contribution in [3.63, 3.8) is 0 Å². The molecule has 1 N–H and O–H groups in total. The van der Waals surface area contributed by atoms with Crippen LogP contribution in [0.2, 0.25) is 0 Å². The molecule has 0 saturated heterocycles. The number of halogens is 4. The summed E-state index contributed by atoms with van der Waals surface area (Å²) in [6, 6.07) is 5.51. The number of nitrogens with one attached hydrogen (secondary N) is 1. The van der Waals surface area contributed by atoms with E-state index in [0.29, 0.717) is 5.69 Å². The number of hydrogen-bond acceptors (Lipinski definition) is 2. The second-order valence-corrected chi connectivity index (χ2v) is 5.57. The van der Waals surface area contributed by atoms with Gasteiger partial charge in [-0.15, -0.1) is 0 Å². The van der Waals surface area contributed by atoms with E-state index in [4.69, 9.17) is 0 Å². The minimum atomic E-state index is -4.39. The number of aromatic nitrogens is 2. The smallest absolute Gasteiger partial charge is 0.310 e. The van der Waals surface area contributed by atoms with Crippen LogP contribution in [-0.4, -0.2) is 16.3 Å². The molecule has 0 radical (unpaired) electrons.